The van der Waals surface area contributed by atoms with E-state index in [9.17, 15) is 9.59 Å². The van der Waals surface area contributed by atoms with Crippen LogP contribution in [0.3, 0.4) is 0 Å². The van der Waals surface area contributed by atoms with Gasteiger partial charge < -0.3 is 24.6 Å². The van der Waals surface area contributed by atoms with Crippen molar-refractivity contribution in [3.8, 4) is 22.9 Å². The number of nitrogens with zero attached hydrogens (tertiary/aromatic N) is 2. The molecule has 28 heavy (non-hydrogen) atoms. The van der Waals surface area contributed by atoms with Gasteiger partial charge in [0.05, 0.1) is 6.54 Å². The molecule has 142 valence electrons. The minimum Gasteiger partial charge on any atom is -0.454 e. The Balaban J connectivity index is 1.27. The zero-order valence-electron chi connectivity index (χ0n) is 14.7. The molecule has 2 aromatic carbocycles. The Hall–Kier alpha value is -3.88. The molecule has 0 aliphatic carbocycles. The molecule has 2 amide bonds. The third kappa shape index (κ3) is 3.93. The standard InChI is InChI=1S/C19H16N4O5/c24-18(20-9-12-6-7-14-15(8-12)27-11-26-14)19(25)21-10-16-22-17(23-28-16)13-4-2-1-3-5-13/h1-8H,9-11H2,(H,20,24)(H,21,25). The molecule has 1 aromatic heterocycles. The Labute approximate surface area is 159 Å². The van der Waals surface area contributed by atoms with E-state index in [1.807, 2.05) is 30.3 Å². The second kappa shape index (κ2) is 7.78. The Morgan fingerprint density at radius 2 is 1.68 bits per heavy atom. The summed E-state index contributed by atoms with van der Waals surface area (Å²) in [5.74, 6) is 0.331. The molecule has 3 aromatic rings. The van der Waals surface area contributed by atoms with Crippen LogP contribution in [0, 0.1) is 0 Å². The lowest BCUT2D eigenvalue weighted by atomic mass is 10.2. The lowest BCUT2D eigenvalue weighted by molar-refractivity contribution is -0.139. The number of hydrogen-bond acceptors (Lipinski definition) is 7. The van der Waals surface area contributed by atoms with Crippen molar-refractivity contribution in [2.75, 3.05) is 6.79 Å². The minimum absolute atomic E-state index is 0.0455. The van der Waals surface area contributed by atoms with Gasteiger partial charge in [-0.2, -0.15) is 4.98 Å². The fourth-order valence-corrected chi connectivity index (χ4v) is 2.58. The summed E-state index contributed by atoms with van der Waals surface area (Å²) in [5.41, 5.74) is 1.58. The first-order chi connectivity index (χ1) is 13.7. The van der Waals surface area contributed by atoms with Crippen LogP contribution in [-0.2, 0) is 22.7 Å². The molecule has 4 rings (SSSR count). The van der Waals surface area contributed by atoms with Crippen LogP contribution in [0.25, 0.3) is 11.4 Å². The monoisotopic (exact) mass is 380 g/mol. The van der Waals surface area contributed by atoms with Crippen molar-refractivity contribution in [2.24, 2.45) is 0 Å². The Morgan fingerprint density at radius 1 is 0.929 bits per heavy atom. The van der Waals surface area contributed by atoms with Gasteiger partial charge in [0.15, 0.2) is 11.5 Å². The van der Waals surface area contributed by atoms with Crippen molar-refractivity contribution >= 4 is 11.8 Å². The van der Waals surface area contributed by atoms with Crippen molar-refractivity contribution in [3.63, 3.8) is 0 Å². The van der Waals surface area contributed by atoms with Crippen molar-refractivity contribution in [2.45, 2.75) is 13.1 Å². The molecule has 0 bridgehead atoms. The molecule has 0 radical (unpaired) electrons. The number of rotatable bonds is 5. The van der Waals surface area contributed by atoms with E-state index in [0.717, 1.165) is 11.1 Å². The number of ether oxygens (including phenoxy) is 2. The zero-order chi connectivity index (χ0) is 19.3. The molecule has 1 aliphatic rings. The highest BCUT2D eigenvalue weighted by Crippen LogP contribution is 2.32. The SMILES string of the molecule is O=C(NCc1ccc2c(c1)OCO2)C(=O)NCc1nc(-c2ccccc2)no1. The van der Waals surface area contributed by atoms with Crippen molar-refractivity contribution in [1.29, 1.82) is 0 Å². The van der Waals surface area contributed by atoms with Crippen LogP contribution < -0.4 is 20.1 Å². The number of carbonyl (C=O) groups excluding carboxylic acids is 2. The fraction of sp³-hybridized carbons (Fsp3) is 0.158. The van der Waals surface area contributed by atoms with E-state index in [4.69, 9.17) is 14.0 Å². The summed E-state index contributed by atoms with van der Waals surface area (Å²) in [6.45, 7) is 0.312. The quantitative estimate of drug-likeness (QED) is 0.643. The molecule has 9 nitrogen and oxygen atoms in total. The first kappa shape index (κ1) is 17.5. The van der Waals surface area contributed by atoms with Gasteiger partial charge in [-0.05, 0) is 17.7 Å². The van der Waals surface area contributed by atoms with E-state index in [1.54, 1.807) is 18.2 Å². The Kier molecular flexibility index (Phi) is 4.87. The average molecular weight is 380 g/mol. The molecule has 9 heteroatoms. The summed E-state index contributed by atoms with van der Waals surface area (Å²) in [6.07, 6.45) is 0. The minimum atomic E-state index is -0.791. The molecule has 2 N–H and O–H groups in total. The molecular weight excluding hydrogens is 364 g/mol. The number of nitrogens with one attached hydrogen (secondary N) is 2. The summed E-state index contributed by atoms with van der Waals surface area (Å²) in [7, 11) is 0. The lowest BCUT2D eigenvalue weighted by Crippen LogP contribution is -2.39. The summed E-state index contributed by atoms with van der Waals surface area (Å²) in [6, 6.07) is 14.6. The van der Waals surface area contributed by atoms with Crippen LogP contribution in [0.5, 0.6) is 11.5 Å². The third-order valence-corrected chi connectivity index (χ3v) is 4.00. The molecular formula is C19H16N4O5. The third-order valence-electron chi connectivity index (χ3n) is 4.00. The highest BCUT2D eigenvalue weighted by Gasteiger charge is 2.17. The molecule has 0 saturated heterocycles. The van der Waals surface area contributed by atoms with Crippen LogP contribution in [0.1, 0.15) is 11.5 Å². The van der Waals surface area contributed by atoms with Gasteiger partial charge in [0.2, 0.25) is 18.5 Å². The maximum absolute atomic E-state index is 12.0. The summed E-state index contributed by atoms with van der Waals surface area (Å²) in [4.78, 5) is 28.1. The zero-order valence-corrected chi connectivity index (χ0v) is 14.7. The number of aromatic nitrogens is 2. The van der Waals surface area contributed by atoms with Crippen LogP contribution in [0.2, 0.25) is 0 Å². The van der Waals surface area contributed by atoms with Gasteiger partial charge in [-0.3, -0.25) is 9.59 Å². The molecule has 2 heterocycles. The largest absolute Gasteiger partial charge is 0.454 e. The van der Waals surface area contributed by atoms with Gasteiger partial charge in [-0.15, -0.1) is 0 Å². The predicted molar refractivity (Wildman–Crippen MR) is 96.0 cm³/mol. The maximum Gasteiger partial charge on any atom is 0.309 e. The van der Waals surface area contributed by atoms with E-state index in [-0.39, 0.29) is 25.8 Å². The second-order valence-corrected chi connectivity index (χ2v) is 5.93. The van der Waals surface area contributed by atoms with Gasteiger partial charge in [0.25, 0.3) is 0 Å². The summed E-state index contributed by atoms with van der Waals surface area (Å²) < 4.78 is 15.6. The number of amides is 2. The van der Waals surface area contributed by atoms with E-state index in [1.165, 1.54) is 0 Å². The molecule has 1 aliphatic heterocycles. The average Bonchev–Trinajstić information content (AvgIpc) is 3.39. The molecule has 0 spiro atoms. The van der Waals surface area contributed by atoms with E-state index in [0.29, 0.717) is 17.3 Å². The fourth-order valence-electron chi connectivity index (χ4n) is 2.58. The number of hydrogen-bond donors (Lipinski definition) is 2. The first-order valence-electron chi connectivity index (χ1n) is 8.51. The van der Waals surface area contributed by atoms with Gasteiger partial charge in [-0.1, -0.05) is 41.6 Å². The summed E-state index contributed by atoms with van der Waals surface area (Å²) in [5, 5.41) is 8.85. The van der Waals surface area contributed by atoms with Gasteiger partial charge in [-0.25, -0.2) is 0 Å². The van der Waals surface area contributed by atoms with Crippen LogP contribution >= 0.6 is 0 Å². The Bertz CT molecular complexity index is 1000. The van der Waals surface area contributed by atoms with Gasteiger partial charge >= 0.3 is 11.8 Å². The predicted octanol–water partition coefficient (Wildman–Crippen LogP) is 1.40. The molecule has 0 unspecified atom stereocenters. The lowest BCUT2D eigenvalue weighted by Gasteiger charge is -2.06. The number of benzene rings is 2. The van der Waals surface area contributed by atoms with Crippen molar-refractivity contribution in [3.05, 3.63) is 60.0 Å². The van der Waals surface area contributed by atoms with Gasteiger partial charge in [0, 0.05) is 12.1 Å². The summed E-state index contributed by atoms with van der Waals surface area (Å²) >= 11 is 0. The molecule has 0 saturated carbocycles. The van der Waals surface area contributed by atoms with E-state index in [2.05, 4.69) is 20.8 Å². The van der Waals surface area contributed by atoms with E-state index >= 15 is 0 Å². The van der Waals surface area contributed by atoms with E-state index < -0.39 is 11.8 Å². The first-order valence-corrected chi connectivity index (χ1v) is 8.51. The highest BCUT2D eigenvalue weighted by atomic mass is 16.7. The Morgan fingerprint density at radius 3 is 2.50 bits per heavy atom. The second-order valence-electron chi connectivity index (χ2n) is 5.93. The van der Waals surface area contributed by atoms with Crippen LogP contribution in [0.4, 0.5) is 0 Å². The topological polar surface area (TPSA) is 116 Å². The molecule has 0 atom stereocenters. The smallest absolute Gasteiger partial charge is 0.309 e. The normalized spacial score (nSPS) is 11.9. The maximum atomic E-state index is 12.0. The van der Waals surface area contributed by atoms with Crippen molar-refractivity contribution in [1.82, 2.24) is 20.8 Å². The van der Waals surface area contributed by atoms with Gasteiger partial charge in [0.1, 0.15) is 0 Å². The van der Waals surface area contributed by atoms with Crippen LogP contribution in [-0.4, -0.2) is 28.7 Å². The molecule has 0 fully saturated rings. The number of fused-ring (bicyclic) bond motifs is 1. The highest BCUT2D eigenvalue weighted by molar-refractivity contribution is 6.35. The number of carbonyl (C=O) groups is 2. The van der Waals surface area contributed by atoms with Crippen molar-refractivity contribution < 1.29 is 23.6 Å². The van der Waals surface area contributed by atoms with Crippen LogP contribution in [0.15, 0.2) is 53.1 Å².